The highest BCUT2D eigenvalue weighted by Crippen LogP contribution is 2.46. The van der Waals surface area contributed by atoms with E-state index < -0.39 is 0 Å². The second-order valence-corrected chi connectivity index (χ2v) is 5.29. The lowest BCUT2D eigenvalue weighted by molar-refractivity contribution is -0.128. The molecule has 2 rings (SSSR count). The summed E-state index contributed by atoms with van der Waals surface area (Å²) in [5.41, 5.74) is 0.286. The SMILES string of the molecule is CC1(C)CCC2CCC2C(=O)C1. The standard InChI is InChI=1S/C11H18O/c1-11(2)6-5-8-3-4-9(8)10(12)7-11/h8-9H,3-7H2,1-2H3. The highest BCUT2D eigenvalue weighted by atomic mass is 16.1. The lowest BCUT2D eigenvalue weighted by Gasteiger charge is -2.33. The van der Waals surface area contributed by atoms with Crippen molar-refractivity contribution in [3.05, 3.63) is 0 Å². The minimum absolute atomic E-state index is 0.286. The van der Waals surface area contributed by atoms with Crippen molar-refractivity contribution in [3.63, 3.8) is 0 Å². The molecule has 0 amide bonds. The van der Waals surface area contributed by atoms with Crippen LogP contribution >= 0.6 is 0 Å². The summed E-state index contributed by atoms with van der Waals surface area (Å²) in [4.78, 5) is 11.7. The first-order valence-electron chi connectivity index (χ1n) is 5.11. The van der Waals surface area contributed by atoms with Crippen LogP contribution in [0.25, 0.3) is 0 Å². The molecule has 1 nitrogen and oxygen atoms in total. The van der Waals surface area contributed by atoms with Crippen molar-refractivity contribution < 1.29 is 4.79 Å². The number of fused-ring (bicyclic) bond motifs is 1. The van der Waals surface area contributed by atoms with E-state index in [1.807, 2.05) is 0 Å². The molecule has 0 spiro atoms. The predicted molar refractivity (Wildman–Crippen MR) is 48.9 cm³/mol. The fourth-order valence-electron chi connectivity index (χ4n) is 2.61. The lowest BCUT2D eigenvalue weighted by Crippen LogP contribution is -2.31. The minimum Gasteiger partial charge on any atom is -0.299 e. The number of hydrogen-bond donors (Lipinski definition) is 0. The van der Waals surface area contributed by atoms with E-state index in [9.17, 15) is 4.79 Å². The second kappa shape index (κ2) is 2.58. The Morgan fingerprint density at radius 2 is 2.00 bits per heavy atom. The van der Waals surface area contributed by atoms with Gasteiger partial charge in [0.1, 0.15) is 5.78 Å². The van der Waals surface area contributed by atoms with Crippen LogP contribution in [0.1, 0.15) is 46.0 Å². The minimum atomic E-state index is 0.286. The van der Waals surface area contributed by atoms with Crippen LogP contribution in [0.15, 0.2) is 0 Å². The quantitative estimate of drug-likeness (QED) is 0.541. The van der Waals surface area contributed by atoms with E-state index in [0.717, 1.165) is 12.3 Å². The third-order valence-electron chi connectivity index (χ3n) is 3.68. The monoisotopic (exact) mass is 166 g/mol. The lowest BCUT2D eigenvalue weighted by atomic mass is 9.70. The molecule has 0 bridgehead atoms. The summed E-state index contributed by atoms with van der Waals surface area (Å²) in [5, 5.41) is 0. The molecule has 12 heavy (non-hydrogen) atoms. The number of ketones is 1. The van der Waals surface area contributed by atoms with E-state index >= 15 is 0 Å². The molecule has 0 aromatic carbocycles. The van der Waals surface area contributed by atoms with Gasteiger partial charge in [-0.3, -0.25) is 4.79 Å². The van der Waals surface area contributed by atoms with Gasteiger partial charge in [-0.1, -0.05) is 13.8 Å². The van der Waals surface area contributed by atoms with E-state index in [0.29, 0.717) is 11.7 Å². The van der Waals surface area contributed by atoms with Crippen LogP contribution in [-0.4, -0.2) is 5.78 Å². The number of carbonyl (C=O) groups is 1. The van der Waals surface area contributed by atoms with Gasteiger partial charge in [-0.25, -0.2) is 0 Å². The summed E-state index contributed by atoms with van der Waals surface area (Å²) < 4.78 is 0. The zero-order valence-corrected chi connectivity index (χ0v) is 8.10. The van der Waals surface area contributed by atoms with Gasteiger partial charge in [0.05, 0.1) is 0 Å². The molecule has 2 atom stereocenters. The van der Waals surface area contributed by atoms with Crippen molar-refractivity contribution in [3.8, 4) is 0 Å². The highest BCUT2D eigenvalue weighted by molar-refractivity contribution is 5.83. The maximum atomic E-state index is 11.7. The molecule has 0 aliphatic heterocycles. The zero-order chi connectivity index (χ0) is 8.77. The van der Waals surface area contributed by atoms with E-state index in [1.54, 1.807) is 0 Å². The molecule has 1 heteroatoms. The van der Waals surface area contributed by atoms with E-state index in [4.69, 9.17) is 0 Å². The molecule has 0 aromatic rings. The van der Waals surface area contributed by atoms with Crippen LogP contribution in [0.5, 0.6) is 0 Å². The van der Waals surface area contributed by atoms with Gasteiger partial charge in [0.25, 0.3) is 0 Å². The average molecular weight is 166 g/mol. The van der Waals surface area contributed by atoms with Crippen LogP contribution in [-0.2, 0) is 4.79 Å². The molecule has 2 aliphatic carbocycles. The molecule has 0 radical (unpaired) electrons. The normalized spacial score (nSPS) is 39.7. The van der Waals surface area contributed by atoms with Crippen molar-refractivity contribution in [1.29, 1.82) is 0 Å². The maximum Gasteiger partial charge on any atom is 0.136 e. The Morgan fingerprint density at radius 1 is 1.25 bits per heavy atom. The molecule has 0 aromatic heterocycles. The van der Waals surface area contributed by atoms with Crippen LogP contribution in [0.2, 0.25) is 0 Å². The van der Waals surface area contributed by atoms with Crippen LogP contribution in [0.4, 0.5) is 0 Å². The molecular formula is C11H18O. The van der Waals surface area contributed by atoms with Crippen molar-refractivity contribution >= 4 is 5.78 Å². The van der Waals surface area contributed by atoms with Gasteiger partial charge in [-0.05, 0) is 37.0 Å². The fourth-order valence-corrected chi connectivity index (χ4v) is 2.61. The van der Waals surface area contributed by atoms with Crippen molar-refractivity contribution in [2.45, 2.75) is 46.0 Å². The van der Waals surface area contributed by atoms with Crippen molar-refractivity contribution in [1.82, 2.24) is 0 Å². The Kier molecular flexibility index (Phi) is 1.78. The Balaban J connectivity index is 2.11. The van der Waals surface area contributed by atoms with E-state index in [1.165, 1.54) is 25.7 Å². The van der Waals surface area contributed by atoms with Crippen molar-refractivity contribution in [2.75, 3.05) is 0 Å². The first-order chi connectivity index (χ1) is 5.58. The van der Waals surface area contributed by atoms with Crippen molar-refractivity contribution in [2.24, 2.45) is 17.3 Å². The van der Waals surface area contributed by atoms with Gasteiger partial charge < -0.3 is 0 Å². The number of Topliss-reactive ketones (excluding diaryl/α,β-unsaturated/α-hetero) is 1. The van der Waals surface area contributed by atoms with Crippen LogP contribution < -0.4 is 0 Å². The maximum absolute atomic E-state index is 11.7. The van der Waals surface area contributed by atoms with Gasteiger partial charge >= 0.3 is 0 Å². The number of rotatable bonds is 0. The summed E-state index contributed by atoms with van der Waals surface area (Å²) in [5.74, 6) is 1.78. The Morgan fingerprint density at radius 3 is 2.58 bits per heavy atom. The Hall–Kier alpha value is -0.330. The summed E-state index contributed by atoms with van der Waals surface area (Å²) >= 11 is 0. The summed E-state index contributed by atoms with van der Waals surface area (Å²) in [7, 11) is 0. The summed E-state index contributed by atoms with van der Waals surface area (Å²) in [6.07, 6.45) is 5.86. The van der Waals surface area contributed by atoms with E-state index in [2.05, 4.69) is 13.8 Å². The second-order valence-electron chi connectivity index (χ2n) is 5.29. The van der Waals surface area contributed by atoms with Crippen LogP contribution in [0.3, 0.4) is 0 Å². The van der Waals surface area contributed by atoms with Gasteiger partial charge in [0.15, 0.2) is 0 Å². The van der Waals surface area contributed by atoms with Gasteiger partial charge in [0, 0.05) is 12.3 Å². The molecule has 2 unspecified atom stereocenters. The Bertz CT molecular complexity index is 205. The van der Waals surface area contributed by atoms with Crippen LogP contribution in [0, 0.1) is 17.3 Å². The molecule has 2 fully saturated rings. The molecule has 2 saturated carbocycles. The number of hydrogen-bond acceptors (Lipinski definition) is 1. The smallest absolute Gasteiger partial charge is 0.136 e. The predicted octanol–water partition coefficient (Wildman–Crippen LogP) is 2.79. The van der Waals surface area contributed by atoms with Gasteiger partial charge in [-0.15, -0.1) is 0 Å². The molecule has 0 heterocycles. The summed E-state index contributed by atoms with van der Waals surface area (Å²) in [6, 6.07) is 0. The molecule has 0 N–H and O–H groups in total. The topological polar surface area (TPSA) is 17.1 Å². The third-order valence-corrected chi connectivity index (χ3v) is 3.68. The third kappa shape index (κ3) is 1.30. The largest absolute Gasteiger partial charge is 0.299 e. The first kappa shape index (κ1) is 8.28. The first-order valence-corrected chi connectivity index (χ1v) is 5.11. The molecule has 2 aliphatic rings. The molecular weight excluding hydrogens is 148 g/mol. The Labute approximate surface area is 74.5 Å². The van der Waals surface area contributed by atoms with Gasteiger partial charge in [-0.2, -0.15) is 0 Å². The molecule has 0 saturated heterocycles. The van der Waals surface area contributed by atoms with E-state index in [-0.39, 0.29) is 5.41 Å². The molecule has 68 valence electrons. The fraction of sp³-hybridized carbons (Fsp3) is 0.909. The summed E-state index contributed by atoms with van der Waals surface area (Å²) in [6.45, 7) is 4.46. The van der Waals surface area contributed by atoms with Gasteiger partial charge in [0.2, 0.25) is 0 Å². The average Bonchev–Trinajstić information content (AvgIpc) is 1.86. The number of carbonyl (C=O) groups excluding carboxylic acids is 1. The zero-order valence-electron chi connectivity index (χ0n) is 8.10. The highest BCUT2D eigenvalue weighted by Gasteiger charge is 2.41.